The van der Waals surface area contributed by atoms with Crippen LogP contribution in [0.15, 0.2) is 36.9 Å². The maximum Gasteiger partial charge on any atom is 0.225 e. The highest BCUT2D eigenvalue weighted by atomic mass is 16.5. The molecular formula is C18H22N6O3. The van der Waals surface area contributed by atoms with Gasteiger partial charge in [-0.2, -0.15) is 10.2 Å². The summed E-state index contributed by atoms with van der Waals surface area (Å²) in [5.74, 6) is 1.13. The lowest BCUT2D eigenvalue weighted by molar-refractivity contribution is -0.116. The first-order valence-electron chi connectivity index (χ1n) is 8.54. The van der Waals surface area contributed by atoms with Gasteiger partial charge in [0.05, 0.1) is 19.4 Å². The maximum absolute atomic E-state index is 12.3. The monoisotopic (exact) mass is 370 g/mol. The lowest BCUT2D eigenvalue weighted by Crippen LogP contribution is -2.13. The maximum atomic E-state index is 12.3. The molecule has 0 spiro atoms. The predicted molar refractivity (Wildman–Crippen MR) is 99.2 cm³/mol. The fourth-order valence-corrected chi connectivity index (χ4v) is 2.73. The number of nitrogens with zero attached hydrogens (tertiary/aromatic N) is 4. The first-order valence-corrected chi connectivity index (χ1v) is 8.54. The quantitative estimate of drug-likeness (QED) is 0.598. The zero-order chi connectivity index (χ0) is 19.1. The molecule has 0 atom stereocenters. The van der Waals surface area contributed by atoms with Crippen molar-refractivity contribution in [3.63, 3.8) is 0 Å². The summed E-state index contributed by atoms with van der Waals surface area (Å²) in [5, 5.41) is 14.1. The van der Waals surface area contributed by atoms with Crippen molar-refractivity contribution in [2.45, 2.75) is 26.0 Å². The van der Waals surface area contributed by atoms with E-state index in [1.165, 1.54) is 6.33 Å². The first-order chi connectivity index (χ1) is 13.2. The fourth-order valence-electron chi connectivity index (χ4n) is 2.73. The van der Waals surface area contributed by atoms with Gasteiger partial charge in [0, 0.05) is 25.6 Å². The van der Waals surface area contributed by atoms with E-state index in [4.69, 9.17) is 9.47 Å². The molecule has 9 heteroatoms. The fraction of sp³-hybridized carbons (Fsp3) is 0.333. The largest absolute Gasteiger partial charge is 0.497 e. The van der Waals surface area contributed by atoms with Crippen LogP contribution in [0, 0.1) is 0 Å². The van der Waals surface area contributed by atoms with E-state index in [1.807, 2.05) is 24.3 Å². The summed E-state index contributed by atoms with van der Waals surface area (Å²) < 4.78 is 12.1. The van der Waals surface area contributed by atoms with Crippen molar-refractivity contribution in [1.82, 2.24) is 25.0 Å². The minimum Gasteiger partial charge on any atom is -0.497 e. The Hall–Kier alpha value is -3.20. The van der Waals surface area contributed by atoms with Gasteiger partial charge < -0.3 is 14.8 Å². The Morgan fingerprint density at radius 3 is 2.74 bits per heavy atom. The highest BCUT2D eigenvalue weighted by Gasteiger charge is 2.17. The molecule has 0 aliphatic heterocycles. The van der Waals surface area contributed by atoms with E-state index in [2.05, 4.69) is 25.6 Å². The standard InChI is InChI=1S/C18H22N6O3/c1-26-10-15-17(13-5-7-14(27-2)8-6-13)18(23-22-15)21-16(25)4-3-9-24-12-19-11-20-24/h5-8,11-12H,3-4,9-10H2,1-2H3,(H2,21,22,23,25). The van der Waals surface area contributed by atoms with E-state index < -0.39 is 0 Å². The third-order valence-electron chi connectivity index (χ3n) is 4.02. The Labute approximate surface area is 156 Å². The first kappa shape index (κ1) is 18.6. The van der Waals surface area contributed by atoms with Crippen LogP contribution in [0.3, 0.4) is 0 Å². The molecule has 0 saturated carbocycles. The number of aromatic amines is 1. The van der Waals surface area contributed by atoms with Gasteiger partial charge >= 0.3 is 0 Å². The average Bonchev–Trinajstić information content (AvgIpc) is 3.33. The van der Waals surface area contributed by atoms with Crippen molar-refractivity contribution < 1.29 is 14.3 Å². The molecule has 2 N–H and O–H groups in total. The molecule has 142 valence electrons. The Morgan fingerprint density at radius 1 is 1.26 bits per heavy atom. The molecule has 1 amide bonds. The number of H-pyrrole nitrogens is 1. The van der Waals surface area contributed by atoms with Crippen molar-refractivity contribution >= 4 is 11.7 Å². The zero-order valence-electron chi connectivity index (χ0n) is 15.3. The SMILES string of the molecule is COCc1[nH]nc(NC(=O)CCCn2cncn2)c1-c1ccc(OC)cc1. The number of aromatic nitrogens is 5. The lowest BCUT2D eigenvalue weighted by atomic mass is 10.1. The van der Waals surface area contributed by atoms with Gasteiger partial charge in [-0.3, -0.25) is 14.6 Å². The summed E-state index contributed by atoms with van der Waals surface area (Å²) >= 11 is 0. The topological polar surface area (TPSA) is 107 Å². The summed E-state index contributed by atoms with van der Waals surface area (Å²) in [6.07, 6.45) is 4.11. The summed E-state index contributed by atoms with van der Waals surface area (Å²) in [5.41, 5.74) is 2.51. The van der Waals surface area contributed by atoms with Crippen LogP contribution in [0.5, 0.6) is 5.75 Å². The van der Waals surface area contributed by atoms with Gasteiger partial charge in [-0.15, -0.1) is 0 Å². The molecule has 3 rings (SSSR count). The van der Waals surface area contributed by atoms with Crippen LogP contribution in [-0.4, -0.2) is 45.1 Å². The Morgan fingerprint density at radius 2 is 2.07 bits per heavy atom. The molecule has 0 aliphatic carbocycles. The number of benzene rings is 1. The number of aryl methyl sites for hydroxylation is 1. The second kappa shape index (κ2) is 8.95. The summed E-state index contributed by atoms with van der Waals surface area (Å²) in [7, 11) is 3.23. The number of rotatable bonds is 9. The van der Waals surface area contributed by atoms with Crippen LogP contribution in [0.2, 0.25) is 0 Å². The number of nitrogens with one attached hydrogen (secondary N) is 2. The van der Waals surface area contributed by atoms with Gasteiger partial charge in [0.1, 0.15) is 18.4 Å². The van der Waals surface area contributed by atoms with Crippen molar-refractivity contribution in [3.05, 3.63) is 42.6 Å². The van der Waals surface area contributed by atoms with E-state index >= 15 is 0 Å². The van der Waals surface area contributed by atoms with Gasteiger partial charge in [0.2, 0.25) is 5.91 Å². The average molecular weight is 370 g/mol. The molecule has 2 aromatic heterocycles. The van der Waals surface area contributed by atoms with Gasteiger partial charge in [0.15, 0.2) is 5.82 Å². The van der Waals surface area contributed by atoms with Crippen LogP contribution >= 0.6 is 0 Å². The number of hydrogen-bond acceptors (Lipinski definition) is 6. The minimum absolute atomic E-state index is 0.111. The second-order valence-corrected chi connectivity index (χ2v) is 5.90. The van der Waals surface area contributed by atoms with E-state index in [1.54, 1.807) is 25.2 Å². The highest BCUT2D eigenvalue weighted by molar-refractivity contribution is 5.94. The van der Waals surface area contributed by atoms with E-state index in [0.717, 1.165) is 22.6 Å². The molecule has 1 aromatic carbocycles. The third-order valence-corrected chi connectivity index (χ3v) is 4.02. The summed E-state index contributed by atoms with van der Waals surface area (Å²) in [6.45, 7) is 0.991. The number of methoxy groups -OCH3 is 2. The summed E-state index contributed by atoms with van der Waals surface area (Å²) in [4.78, 5) is 16.2. The molecule has 0 bridgehead atoms. The third kappa shape index (κ3) is 4.70. The van der Waals surface area contributed by atoms with E-state index in [0.29, 0.717) is 31.8 Å². The van der Waals surface area contributed by atoms with Crippen molar-refractivity contribution in [2.24, 2.45) is 0 Å². The number of carbonyl (C=O) groups excluding carboxylic acids is 1. The van der Waals surface area contributed by atoms with Gasteiger partial charge in [0.25, 0.3) is 0 Å². The smallest absolute Gasteiger partial charge is 0.225 e. The normalized spacial score (nSPS) is 10.7. The van der Waals surface area contributed by atoms with Gasteiger partial charge in [-0.25, -0.2) is 4.98 Å². The van der Waals surface area contributed by atoms with E-state index in [9.17, 15) is 4.79 Å². The van der Waals surface area contributed by atoms with Crippen molar-refractivity contribution in [2.75, 3.05) is 19.5 Å². The highest BCUT2D eigenvalue weighted by Crippen LogP contribution is 2.31. The summed E-state index contributed by atoms with van der Waals surface area (Å²) in [6, 6.07) is 7.57. The van der Waals surface area contributed by atoms with Gasteiger partial charge in [-0.1, -0.05) is 12.1 Å². The van der Waals surface area contributed by atoms with Crippen LogP contribution in [0.25, 0.3) is 11.1 Å². The Bertz CT molecular complexity index is 858. The van der Waals surface area contributed by atoms with E-state index in [-0.39, 0.29) is 5.91 Å². The molecule has 9 nitrogen and oxygen atoms in total. The molecular weight excluding hydrogens is 348 g/mol. The molecule has 0 saturated heterocycles. The molecule has 27 heavy (non-hydrogen) atoms. The van der Waals surface area contributed by atoms with Crippen LogP contribution in [0.1, 0.15) is 18.5 Å². The number of carbonyl (C=O) groups is 1. The lowest BCUT2D eigenvalue weighted by Gasteiger charge is -2.08. The van der Waals surface area contributed by atoms with Crippen molar-refractivity contribution in [1.29, 1.82) is 0 Å². The molecule has 0 unspecified atom stereocenters. The van der Waals surface area contributed by atoms with Crippen molar-refractivity contribution in [3.8, 4) is 16.9 Å². The minimum atomic E-state index is -0.111. The molecule has 2 heterocycles. The van der Waals surface area contributed by atoms with Gasteiger partial charge in [-0.05, 0) is 24.1 Å². The number of hydrogen-bond donors (Lipinski definition) is 2. The second-order valence-electron chi connectivity index (χ2n) is 5.90. The predicted octanol–water partition coefficient (Wildman–Crippen LogP) is 2.24. The Kier molecular flexibility index (Phi) is 6.16. The number of anilines is 1. The molecule has 3 aromatic rings. The Balaban J connectivity index is 1.71. The molecule has 0 radical (unpaired) electrons. The number of ether oxygens (including phenoxy) is 2. The van der Waals surface area contributed by atoms with Crippen LogP contribution < -0.4 is 10.1 Å². The van der Waals surface area contributed by atoms with Crippen LogP contribution in [-0.2, 0) is 22.7 Å². The van der Waals surface area contributed by atoms with Crippen LogP contribution in [0.4, 0.5) is 5.82 Å². The molecule has 0 fully saturated rings. The zero-order valence-corrected chi connectivity index (χ0v) is 15.3. The molecule has 0 aliphatic rings. The number of amides is 1.